The van der Waals surface area contributed by atoms with Crippen molar-refractivity contribution in [2.75, 3.05) is 0 Å². The molecule has 4 heteroatoms. The number of nitrogens with two attached hydrogens (primary N) is 1. The quantitative estimate of drug-likeness (QED) is 0.589. The van der Waals surface area contributed by atoms with Gasteiger partial charge < -0.3 is 5.73 Å². The summed E-state index contributed by atoms with van der Waals surface area (Å²) in [5.41, 5.74) is 7.22. The number of para-hydroxylation sites is 1. The lowest BCUT2D eigenvalue weighted by molar-refractivity contribution is -0.386. The van der Waals surface area contributed by atoms with Crippen molar-refractivity contribution in [1.29, 1.82) is 0 Å². The number of nitro benzene ring substituents is 1. The average Bonchev–Trinajstić information content (AvgIpc) is 2.01. The molecule has 0 saturated carbocycles. The Morgan fingerprint density at radius 2 is 2.21 bits per heavy atom. The predicted octanol–water partition coefficient (Wildman–Crippen LogP) is 1.79. The van der Waals surface area contributed by atoms with E-state index in [1.54, 1.807) is 19.1 Å². The van der Waals surface area contributed by atoms with E-state index in [1.165, 1.54) is 0 Å². The Kier molecular flexibility index (Phi) is 3.19. The summed E-state index contributed by atoms with van der Waals surface area (Å²) in [4.78, 5) is 10.4. The van der Waals surface area contributed by atoms with E-state index in [2.05, 4.69) is 0 Å². The number of benzene rings is 1. The van der Waals surface area contributed by atoms with Crippen molar-refractivity contribution < 1.29 is 4.92 Å². The van der Waals surface area contributed by atoms with Crippen molar-refractivity contribution in [2.24, 2.45) is 5.73 Å². The maximum Gasteiger partial charge on any atom is 0.275 e. The lowest BCUT2D eigenvalue weighted by atomic mass is 10.0. The van der Waals surface area contributed by atoms with Crippen molar-refractivity contribution >= 4 is 5.69 Å². The summed E-state index contributed by atoms with van der Waals surface area (Å²) in [5.74, 6) is 0. The van der Waals surface area contributed by atoms with Crippen LogP contribution in [-0.4, -0.2) is 11.0 Å². The van der Waals surface area contributed by atoms with E-state index in [4.69, 9.17) is 5.73 Å². The summed E-state index contributed by atoms with van der Waals surface area (Å²) in [6.07, 6.45) is 0.540. The molecule has 76 valence electrons. The Balaban J connectivity index is 3.14. The Morgan fingerprint density at radius 1 is 1.57 bits per heavy atom. The van der Waals surface area contributed by atoms with E-state index < -0.39 is 0 Å². The topological polar surface area (TPSA) is 69.2 Å². The zero-order chi connectivity index (χ0) is 10.7. The van der Waals surface area contributed by atoms with Crippen LogP contribution in [0.1, 0.15) is 18.1 Å². The van der Waals surface area contributed by atoms with E-state index in [1.807, 2.05) is 13.0 Å². The van der Waals surface area contributed by atoms with Crippen LogP contribution in [0.15, 0.2) is 18.2 Å². The molecule has 0 radical (unpaired) electrons. The molecular weight excluding hydrogens is 180 g/mol. The fraction of sp³-hybridized carbons (Fsp3) is 0.400. The predicted molar refractivity (Wildman–Crippen MR) is 55.2 cm³/mol. The SMILES string of the molecule is Cc1cccc(C[C@H](C)N)c1[N+](=O)[O-]. The van der Waals surface area contributed by atoms with E-state index in [0.29, 0.717) is 17.5 Å². The van der Waals surface area contributed by atoms with Crippen LogP contribution >= 0.6 is 0 Å². The third kappa shape index (κ3) is 2.29. The first-order valence-electron chi connectivity index (χ1n) is 4.51. The van der Waals surface area contributed by atoms with E-state index in [-0.39, 0.29) is 16.7 Å². The van der Waals surface area contributed by atoms with Gasteiger partial charge in [0.25, 0.3) is 5.69 Å². The largest absolute Gasteiger partial charge is 0.328 e. The van der Waals surface area contributed by atoms with Crippen molar-refractivity contribution in [3.63, 3.8) is 0 Å². The van der Waals surface area contributed by atoms with Gasteiger partial charge >= 0.3 is 0 Å². The maximum atomic E-state index is 10.8. The monoisotopic (exact) mass is 194 g/mol. The Morgan fingerprint density at radius 3 is 2.71 bits per heavy atom. The minimum Gasteiger partial charge on any atom is -0.328 e. The molecule has 1 rings (SSSR count). The van der Waals surface area contributed by atoms with Crippen LogP contribution in [0.4, 0.5) is 5.69 Å². The lowest BCUT2D eigenvalue weighted by Gasteiger charge is -2.07. The van der Waals surface area contributed by atoms with E-state index in [9.17, 15) is 10.1 Å². The summed E-state index contributed by atoms with van der Waals surface area (Å²) < 4.78 is 0. The summed E-state index contributed by atoms with van der Waals surface area (Å²) in [5, 5.41) is 10.8. The third-order valence-electron chi connectivity index (χ3n) is 2.05. The number of aryl methyl sites for hydroxylation is 1. The second-order valence-electron chi connectivity index (χ2n) is 3.52. The van der Waals surface area contributed by atoms with Gasteiger partial charge in [-0.2, -0.15) is 0 Å². The first-order valence-corrected chi connectivity index (χ1v) is 4.51. The Bertz CT molecular complexity index is 348. The van der Waals surface area contributed by atoms with Crippen LogP contribution < -0.4 is 5.73 Å². The van der Waals surface area contributed by atoms with Gasteiger partial charge in [-0.3, -0.25) is 10.1 Å². The second-order valence-corrected chi connectivity index (χ2v) is 3.52. The molecule has 4 nitrogen and oxygen atoms in total. The highest BCUT2D eigenvalue weighted by Crippen LogP contribution is 2.23. The maximum absolute atomic E-state index is 10.8. The first-order chi connectivity index (χ1) is 6.52. The molecule has 2 N–H and O–H groups in total. The molecule has 0 unspecified atom stereocenters. The van der Waals surface area contributed by atoms with Crippen LogP contribution in [-0.2, 0) is 6.42 Å². The fourth-order valence-corrected chi connectivity index (χ4v) is 1.49. The standard InChI is InChI=1S/C10H14N2O2/c1-7-4-3-5-9(6-8(2)11)10(7)12(13)14/h3-5,8H,6,11H2,1-2H3/t8-/m0/s1. The van der Waals surface area contributed by atoms with Gasteiger partial charge in [0.05, 0.1) is 4.92 Å². The summed E-state index contributed by atoms with van der Waals surface area (Å²) in [7, 11) is 0. The third-order valence-corrected chi connectivity index (χ3v) is 2.05. The van der Waals surface area contributed by atoms with Gasteiger partial charge in [-0.1, -0.05) is 18.2 Å². The van der Waals surface area contributed by atoms with Crippen LogP contribution in [0.2, 0.25) is 0 Å². The summed E-state index contributed by atoms with van der Waals surface area (Å²) in [6, 6.07) is 5.26. The molecule has 0 aliphatic rings. The highest BCUT2D eigenvalue weighted by atomic mass is 16.6. The number of hydrogen-bond donors (Lipinski definition) is 1. The highest BCUT2D eigenvalue weighted by molar-refractivity contribution is 5.47. The van der Waals surface area contributed by atoms with Crippen molar-refractivity contribution in [3.8, 4) is 0 Å². The molecule has 0 fully saturated rings. The molecule has 0 bridgehead atoms. The molecule has 0 heterocycles. The van der Waals surface area contributed by atoms with Gasteiger partial charge in [0.15, 0.2) is 0 Å². The van der Waals surface area contributed by atoms with Gasteiger partial charge in [0.1, 0.15) is 0 Å². The molecule has 0 amide bonds. The zero-order valence-corrected chi connectivity index (χ0v) is 8.36. The molecule has 0 spiro atoms. The minimum absolute atomic E-state index is 0.0597. The number of hydrogen-bond acceptors (Lipinski definition) is 3. The van der Waals surface area contributed by atoms with Gasteiger partial charge in [-0.25, -0.2) is 0 Å². The minimum atomic E-state index is -0.340. The number of nitrogens with zero attached hydrogens (tertiary/aromatic N) is 1. The fourth-order valence-electron chi connectivity index (χ4n) is 1.49. The zero-order valence-electron chi connectivity index (χ0n) is 8.36. The highest BCUT2D eigenvalue weighted by Gasteiger charge is 2.16. The van der Waals surface area contributed by atoms with Gasteiger partial charge in [0, 0.05) is 17.2 Å². The molecular formula is C10H14N2O2. The molecule has 1 aromatic rings. The van der Waals surface area contributed by atoms with Gasteiger partial charge in [-0.15, -0.1) is 0 Å². The molecule has 0 saturated heterocycles. The van der Waals surface area contributed by atoms with Crippen LogP contribution in [0.25, 0.3) is 0 Å². The molecule has 1 atom stereocenters. The van der Waals surface area contributed by atoms with Gasteiger partial charge in [-0.05, 0) is 20.3 Å². The second kappa shape index (κ2) is 4.19. The lowest BCUT2D eigenvalue weighted by Crippen LogP contribution is -2.18. The number of rotatable bonds is 3. The van der Waals surface area contributed by atoms with Crippen molar-refractivity contribution in [2.45, 2.75) is 26.3 Å². The molecule has 0 aliphatic heterocycles. The van der Waals surface area contributed by atoms with E-state index >= 15 is 0 Å². The van der Waals surface area contributed by atoms with Gasteiger partial charge in [0.2, 0.25) is 0 Å². The molecule has 14 heavy (non-hydrogen) atoms. The van der Waals surface area contributed by atoms with Crippen molar-refractivity contribution in [3.05, 3.63) is 39.4 Å². The van der Waals surface area contributed by atoms with Crippen molar-refractivity contribution in [1.82, 2.24) is 0 Å². The molecule has 0 aromatic heterocycles. The normalized spacial score (nSPS) is 12.5. The molecule has 0 aliphatic carbocycles. The van der Waals surface area contributed by atoms with Crippen LogP contribution in [0.3, 0.4) is 0 Å². The summed E-state index contributed by atoms with van der Waals surface area (Å²) in [6.45, 7) is 3.58. The first kappa shape index (κ1) is 10.7. The smallest absolute Gasteiger partial charge is 0.275 e. The number of nitro groups is 1. The van der Waals surface area contributed by atoms with Crippen LogP contribution in [0.5, 0.6) is 0 Å². The summed E-state index contributed by atoms with van der Waals surface area (Å²) >= 11 is 0. The Hall–Kier alpha value is -1.42. The Labute approximate surface area is 82.9 Å². The molecule has 1 aromatic carbocycles. The van der Waals surface area contributed by atoms with E-state index in [0.717, 1.165) is 0 Å². The van der Waals surface area contributed by atoms with Crippen LogP contribution in [0, 0.1) is 17.0 Å². The average molecular weight is 194 g/mol.